The van der Waals surface area contributed by atoms with E-state index in [0.717, 1.165) is 62.7 Å². The van der Waals surface area contributed by atoms with Gasteiger partial charge in [0.25, 0.3) is 0 Å². The summed E-state index contributed by atoms with van der Waals surface area (Å²) < 4.78 is 2.28. The number of hydrogen-bond donors (Lipinski definition) is 3. The van der Waals surface area contributed by atoms with Crippen molar-refractivity contribution in [2.75, 3.05) is 27.0 Å². The van der Waals surface area contributed by atoms with Gasteiger partial charge in [0.05, 0.1) is 11.0 Å². The molecular weight excluding hydrogens is 1410 g/mol. The summed E-state index contributed by atoms with van der Waals surface area (Å²) in [5.41, 5.74) is 49.4. The van der Waals surface area contributed by atoms with Gasteiger partial charge < -0.3 is 21.8 Å². The summed E-state index contributed by atoms with van der Waals surface area (Å²) in [5, 5.41) is 2.56. The molecular formula is C108H86N8. The predicted molar refractivity (Wildman–Crippen MR) is 491 cm³/mol. The average molecular weight is 1500 g/mol. The third kappa shape index (κ3) is 16.5. The molecule has 0 fully saturated rings. The number of nitrogens with two attached hydrogens (primary N) is 3. The Morgan fingerprint density at radius 3 is 0.793 bits per heavy atom. The van der Waals surface area contributed by atoms with Crippen molar-refractivity contribution in [2.45, 2.75) is 13.8 Å². The van der Waals surface area contributed by atoms with Crippen LogP contribution in [0.5, 0.6) is 0 Å². The molecule has 3 aromatic heterocycles. The fourth-order valence-electron chi connectivity index (χ4n) is 15.4. The molecule has 0 radical (unpaired) electrons. The molecule has 19 rings (SSSR count). The number of aromatic nitrogens is 3. The molecule has 0 aliphatic heterocycles. The topological polar surface area (TPSA) is 115 Å². The second-order valence-electron chi connectivity index (χ2n) is 28.4. The molecule has 558 valence electrons. The smallest absolute Gasteiger partial charge is 0.137 e. The van der Waals surface area contributed by atoms with Gasteiger partial charge in [-0.05, 0) is 247 Å². The molecule has 0 saturated heterocycles. The van der Waals surface area contributed by atoms with E-state index in [2.05, 4.69) is 360 Å². The summed E-state index contributed by atoms with van der Waals surface area (Å²) in [7, 11) is 0. The fraction of sp³-hybridized carbons (Fsp3) is 0.0185. The van der Waals surface area contributed by atoms with E-state index < -0.39 is 0 Å². The number of nitrogen functional groups attached to an aromatic ring is 3. The quantitative estimate of drug-likeness (QED) is 0.0876. The zero-order valence-electron chi connectivity index (χ0n) is 64.7. The summed E-state index contributed by atoms with van der Waals surface area (Å²) in [6.07, 6.45) is 3.67. The average Bonchev–Trinajstić information content (AvgIpc) is 0.921. The first-order chi connectivity index (χ1) is 57.2. The molecule has 0 bridgehead atoms. The SMILES string of the molecule is Cc1cc(N(c2ccccc2)c2ccccn2)ccc1-c1ccc(N(c2ccccc2)c2ccccn2)cc1C.Nc1ccc(-c2c(-c3ccccc3)c(-c3ccccc3)c(-c3ccccc3)c(-c3ccccc3)c2-c2ccccc2)cc1.Nc1ccc(-c2ccccc2)cc1.Nc1ccc(-n2c3ccccc3c3ccccc32)cc1. The van der Waals surface area contributed by atoms with Crippen molar-refractivity contribution in [1.29, 1.82) is 0 Å². The molecule has 8 heteroatoms. The van der Waals surface area contributed by atoms with Gasteiger partial charge in [0.15, 0.2) is 0 Å². The van der Waals surface area contributed by atoms with Crippen LogP contribution in [0.1, 0.15) is 11.1 Å². The maximum absolute atomic E-state index is 6.25. The maximum atomic E-state index is 6.25. The molecule has 0 aliphatic rings. The van der Waals surface area contributed by atoms with Gasteiger partial charge in [0, 0.05) is 68.7 Å². The minimum atomic E-state index is 0.749. The standard InChI is InChI=1S/C42H31N.C36H30N4.C18H14N2.C12H11N/c43-36-28-26-35(27-29-36)42-40(33-22-12-4-13-23-33)38(31-18-8-2-9-19-31)37(30-16-6-1-7-17-30)39(32-20-10-3-11-21-32)41(42)34-24-14-5-15-25-34;1-27-25-31(39(29-13-5-3-6-14-29)35-17-9-11-23-37-35)19-21-33(27)34-22-20-32(26-28(34)2)40(30-15-7-4-8-16-30)36-18-10-12-24-38-36;19-13-9-11-14(12-10-13)20-17-7-3-1-5-15(17)16-6-2-4-8-18(16)20;13-12-8-6-11(7-9-12)10-4-2-1-3-5-10/h1-29H,43H2;3-26H,1-2H3;1-12H,19H2;1-9H,13H2. The summed E-state index contributed by atoms with van der Waals surface area (Å²) >= 11 is 0. The lowest BCUT2D eigenvalue weighted by atomic mass is 9.74. The van der Waals surface area contributed by atoms with E-state index in [9.17, 15) is 0 Å². The van der Waals surface area contributed by atoms with Gasteiger partial charge in [-0.3, -0.25) is 9.80 Å². The molecule has 0 amide bonds. The van der Waals surface area contributed by atoms with Crippen molar-refractivity contribution in [3.05, 3.63) is 460 Å². The van der Waals surface area contributed by atoms with Crippen LogP contribution in [0, 0.1) is 13.8 Å². The molecule has 3 heterocycles. The minimum absolute atomic E-state index is 0.749. The number of pyridine rings is 2. The van der Waals surface area contributed by atoms with Crippen LogP contribution >= 0.6 is 0 Å². The summed E-state index contributed by atoms with van der Waals surface area (Å²) in [6, 6.07) is 152. The zero-order chi connectivity index (χ0) is 78.9. The van der Waals surface area contributed by atoms with Gasteiger partial charge in [-0.1, -0.05) is 303 Å². The summed E-state index contributed by atoms with van der Waals surface area (Å²) in [5.74, 6) is 1.77. The van der Waals surface area contributed by atoms with Crippen molar-refractivity contribution < 1.29 is 0 Å². The lowest BCUT2D eigenvalue weighted by molar-refractivity contribution is 1.17. The molecule has 0 spiro atoms. The third-order valence-electron chi connectivity index (χ3n) is 20.8. The minimum Gasteiger partial charge on any atom is -0.399 e. The van der Waals surface area contributed by atoms with E-state index in [1.54, 1.807) is 0 Å². The Balaban J connectivity index is 0.000000126. The molecule has 6 N–H and O–H groups in total. The summed E-state index contributed by atoms with van der Waals surface area (Å²) in [4.78, 5) is 13.7. The number of aryl methyl sites for hydroxylation is 2. The largest absolute Gasteiger partial charge is 0.399 e. The third-order valence-corrected chi connectivity index (χ3v) is 20.8. The van der Waals surface area contributed by atoms with Gasteiger partial charge in [-0.25, -0.2) is 9.97 Å². The molecule has 16 aromatic carbocycles. The maximum Gasteiger partial charge on any atom is 0.137 e. The molecule has 0 aliphatic carbocycles. The monoisotopic (exact) mass is 1490 g/mol. The van der Waals surface area contributed by atoms with Crippen LogP contribution in [0.2, 0.25) is 0 Å². The lowest BCUT2D eigenvalue weighted by Crippen LogP contribution is -2.12. The van der Waals surface area contributed by atoms with E-state index in [4.69, 9.17) is 17.2 Å². The van der Waals surface area contributed by atoms with Gasteiger partial charge in [0.2, 0.25) is 0 Å². The first-order valence-electron chi connectivity index (χ1n) is 39.0. The van der Waals surface area contributed by atoms with Crippen LogP contribution in [-0.2, 0) is 0 Å². The van der Waals surface area contributed by atoms with E-state index in [1.165, 1.54) is 116 Å². The van der Waals surface area contributed by atoms with E-state index >= 15 is 0 Å². The number of fused-ring (bicyclic) bond motifs is 3. The Bertz CT molecular complexity index is 6050. The van der Waals surface area contributed by atoms with Crippen LogP contribution in [-0.4, -0.2) is 14.5 Å². The normalized spacial score (nSPS) is 10.8. The van der Waals surface area contributed by atoms with Crippen molar-refractivity contribution >= 4 is 73.3 Å². The highest BCUT2D eigenvalue weighted by atomic mass is 15.2. The molecule has 0 atom stereocenters. The van der Waals surface area contributed by atoms with Crippen molar-refractivity contribution in [3.63, 3.8) is 0 Å². The van der Waals surface area contributed by atoms with E-state index in [-0.39, 0.29) is 0 Å². The predicted octanol–water partition coefficient (Wildman–Crippen LogP) is 28.3. The van der Waals surface area contributed by atoms with Gasteiger partial charge in [-0.15, -0.1) is 0 Å². The van der Waals surface area contributed by atoms with Crippen LogP contribution < -0.4 is 27.0 Å². The van der Waals surface area contributed by atoms with Crippen LogP contribution in [0.25, 0.3) is 117 Å². The number of benzene rings is 16. The highest BCUT2D eigenvalue weighted by Crippen LogP contribution is 2.56. The highest BCUT2D eigenvalue weighted by molar-refractivity contribution is 6.15. The number of para-hydroxylation sites is 4. The number of nitrogens with zero attached hydrogens (tertiary/aromatic N) is 5. The Hall–Kier alpha value is -15.4. The molecule has 8 nitrogen and oxygen atoms in total. The Morgan fingerprint density at radius 2 is 0.483 bits per heavy atom. The van der Waals surface area contributed by atoms with Crippen molar-refractivity contribution in [3.8, 4) is 94.7 Å². The molecule has 19 aromatic rings. The van der Waals surface area contributed by atoms with Crippen LogP contribution in [0.4, 0.5) is 51.4 Å². The Labute approximate surface area is 679 Å². The lowest BCUT2D eigenvalue weighted by Gasteiger charge is -2.28. The highest BCUT2D eigenvalue weighted by Gasteiger charge is 2.29. The van der Waals surface area contributed by atoms with E-state index in [1.807, 2.05) is 128 Å². The first kappa shape index (κ1) is 74.7. The zero-order valence-corrected chi connectivity index (χ0v) is 64.7. The number of hydrogen-bond acceptors (Lipinski definition) is 7. The molecule has 116 heavy (non-hydrogen) atoms. The molecule has 0 unspecified atom stereocenters. The van der Waals surface area contributed by atoms with E-state index in [0.29, 0.717) is 0 Å². The van der Waals surface area contributed by atoms with Crippen LogP contribution in [0.3, 0.4) is 0 Å². The van der Waals surface area contributed by atoms with Gasteiger partial charge in [0.1, 0.15) is 11.6 Å². The van der Waals surface area contributed by atoms with Crippen LogP contribution in [0.15, 0.2) is 449 Å². The van der Waals surface area contributed by atoms with Gasteiger partial charge in [-0.2, -0.15) is 0 Å². The Morgan fingerprint density at radius 1 is 0.224 bits per heavy atom. The Kier molecular flexibility index (Phi) is 22.7. The van der Waals surface area contributed by atoms with Gasteiger partial charge >= 0.3 is 0 Å². The van der Waals surface area contributed by atoms with Crippen molar-refractivity contribution in [2.24, 2.45) is 0 Å². The second kappa shape index (κ2) is 35.3. The van der Waals surface area contributed by atoms with Crippen molar-refractivity contribution in [1.82, 2.24) is 14.5 Å². The number of rotatable bonds is 15. The second-order valence-corrected chi connectivity index (χ2v) is 28.4. The summed E-state index contributed by atoms with van der Waals surface area (Å²) in [6.45, 7) is 4.36. The molecule has 0 saturated carbocycles. The fourth-order valence-corrected chi connectivity index (χ4v) is 15.4. The number of anilines is 9. The first-order valence-corrected chi connectivity index (χ1v) is 39.0.